The van der Waals surface area contributed by atoms with Crippen LogP contribution in [0.4, 0.5) is 0 Å². The van der Waals surface area contributed by atoms with Crippen LogP contribution in [0.5, 0.6) is 11.5 Å². The topological polar surface area (TPSA) is 47.7 Å². The van der Waals surface area contributed by atoms with Crippen LogP contribution < -0.4 is 15.2 Å². The standard InChI is InChI=1S/C15H23ClN2O2/c1-4-11(5-2)18(3)13(8-17)10-6-12(16)15-14(7-10)19-9-20-15/h6-7,11,13H,4-5,8-9,17H2,1-3H3. The van der Waals surface area contributed by atoms with Gasteiger partial charge in [-0.15, -0.1) is 0 Å². The summed E-state index contributed by atoms with van der Waals surface area (Å²) >= 11 is 6.26. The number of nitrogens with two attached hydrogens (primary N) is 1. The number of halogens is 1. The van der Waals surface area contributed by atoms with E-state index in [2.05, 4.69) is 25.8 Å². The highest BCUT2D eigenvalue weighted by Crippen LogP contribution is 2.41. The second-order valence-corrected chi connectivity index (χ2v) is 5.53. The third-order valence-electron chi connectivity index (χ3n) is 4.07. The molecule has 0 spiro atoms. The van der Waals surface area contributed by atoms with Crippen molar-refractivity contribution in [2.45, 2.75) is 38.8 Å². The fourth-order valence-electron chi connectivity index (χ4n) is 2.84. The molecule has 20 heavy (non-hydrogen) atoms. The van der Waals surface area contributed by atoms with Crippen LogP contribution in [-0.4, -0.2) is 31.3 Å². The summed E-state index contributed by atoms with van der Waals surface area (Å²) in [5, 5.41) is 0.589. The molecule has 2 N–H and O–H groups in total. The molecule has 0 fully saturated rings. The lowest BCUT2D eigenvalue weighted by molar-refractivity contribution is 0.166. The van der Waals surface area contributed by atoms with Crippen LogP contribution in [0, 0.1) is 0 Å². The summed E-state index contributed by atoms with van der Waals surface area (Å²) in [5.74, 6) is 1.35. The molecule has 1 unspecified atom stereocenters. The van der Waals surface area contributed by atoms with Crippen LogP contribution in [0.15, 0.2) is 12.1 Å². The lowest BCUT2D eigenvalue weighted by atomic mass is 10.0. The fourth-order valence-corrected chi connectivity index (χ4v) is 3.11. The largest absolute Gasteiger partial charge is 0.454 e. The average Bonchev–Trinajstić information content (AvgIpc) is 2.90. The maximum absolute atomic E-state index is 6.26. The number of nitrogens with zero attached hydrogens (tertiary/aromatic N) is 1. The Morgan fingerprint density at radius 2 is 2.00 bits per heavy atom. The molecule has 0 radical (unpaired) electrons. The molecule has 0 aromatic heterocycles. The minimum absolute atomic E-state index is 0.131. The lowest BCUT2D eigenvalue weighted by Crippen LogP contribution is -2.38. The maximum atomic E-state index is 6.26. The van der Waals surface area contributed by atoms with Gasteiger partial charge in [-0.1, -0.05) is 25.4 Å². The van der Waals surface area contributed by atoms with Crippen molar-refractivity contribution in [3.8, 4) is 11.5 Å². The van der Waals surface area contributed by atoms with Gasteiger partial charge in [0.2, 0.25) is 6.79 Å². The van der Waals surface area contributed by atoms with Gasteiger partial charge in [-0.25, -0.2) is 0 Å². The van der Waals surface area contributed by atoms with Crippen LogP contribution in [-0.2, 0) is 0 Å². The lowest BCUT2D eigenvalue weighted by Gasteiger charge is -2.34. The molecule has 1 aliphatic heterocycles. The van der Waals surface area contributed by atoms with Gasteiger partial charge < -0.3 is 15.2 Å². The van der Waals surface area contributed by atoms with Crippen molar-refractivity contribution in [2.75, 3.05) is 20.4 Å². The van der Waals surface area contributed by atoms with Gasteiger partial charge in [0.1, 0.15) is 0 Å². The summed E-state index contributed by atoms with van der Waals surface area (Å²) in [4.78, 5) is 2.33. The maximum Gasteiger partial charge on any atom is 0.231 e. The number of benzene rings is 1. The van der Waals surface area contributed by atoms with Gasteiger partial charge in [0.05, 0.1) is 5.02 Å². The van der Waals surface area contributed by atoms with Crippen molar-refractivity contribution in [3.05, 3.63) is 22.7 Å². The molecule has 0 bridgehead atoms. The van der Waals surface area contributed by atoms with E-state index in [1.807, 2.05) is 12.1 Å². The van der Waals surface area contributed by atoms with Crippen molar-refractivity contribution >= 4 is 11.6 Å². The molecule has 1 aromatic rings. The molecule has 1 aliphatic rings. The molecule has 2 rings (SSSR count). The highest BCUT2D eigenvalue weighted by molar-refractivity contribution is 6.32. The number of ether oxygens (including phenoxy) is 2. The zero-order chi connectivity index (χ0) is 14.7. The zero-order valence-electron chi connectivity index (χ0n) is 12.4. The van der Waals surface area contributed by atoms with Gasteiger partial charge >= 0.3 is 0 Å². The van der Waals surface area contributed by atoms with E-state index in [4.69, 9.17) is 26.8 Å². The van der Waals surface area contributed by atoms with Crippen LogP contribution in [0.1, 0.15) is 38.3 Å². The quantitative estimate of drug-likeness (QED) is 0.876. The minimum Gasteiger partial charge on any atom is -0.454 e. The van der Waals surface area contributed by atoms with E-state index in [1.54, 1.807) is 0 Å². The SMILES string of the molecule is CCC(CC)N(C)C(CN)c1cc(Cl)c2c(c1)OCO2. The Morgan fingerprint density at radius 3 is 2.60 bits per heavy atom. The number of likely N-dealkylation sites (N-methyl/N-ethyl adjacent to an activating group) is 1. The molecule has 0 saturated heterocycles. The molecule has 112 valence electrons. The van der Waals surface area contributed by atoms with Gasteiger partial charge in [0.15, 0.2) is 11.5 Å². The first-order valence-electron chi connectivity index (χ1n) is 7.13. The van der Waals surface area contributed by atoms with Crippen LogP contribution >= 0.6 is 11.6 Å². The Labute approximate surface area is 125 Å². The highest BCUT2D eigenvalue weighted by Gasteiger charge is 2.25. The summed E-state index contributed by atoms with van der Waals surface area (Å²) in [7, 11) is 2.12. The smallest absolute Gasteiger partial charge is 0.231 e. The monoisotopic (exact) mass is 298 g/mol. The molecule has 5 heteroatoms. The van der Waals surface area contributed by atoms with E-state index in [9.17, 15) is 0 Å². The molecular weight excluding hydrogens is 276 g/mol. The van der Waals surface area contributed by atoms with E-state index in [1.165, 1.54) is 0 Å². The Hall–Kier alpha value is -0.970. The van der Waals surface area contributed by atoms with E-state index in [-0.39, 0.29) is 12.8 Å². The fraction of sp³-hybridized carbons (Fsp3) is 0.600. The Balaban J connectivity index is 2.30. The van der Waals surface area contributed by atoms with Crippen LogP contribution in [0.2, 0.25) is 5.02 Å². The average molecular weight is 299 g/mol. The number of fused-ring (bicyclic) bond motifs is 1. The predicted octanol–water partition coefficient (Wildman–Crippen LogP) is 3.19. The van der Waals surface area contributed by atoms with Crippen LogP contribution in [0.25, 0.3) is 0 Å². The normalized spacial score (nSPS) is 15.2. The number of rotatable bonds is 6. The first kappa shape index (κ1) is 15.4. The van der Waals surface area contributed by atoms with E-state index < -0.39 is 0 Å². The Kier molecular flexibility index (Phi) is 5.13. The first-order chi connectivity index (χ1) is 9.62. The van der Waals surface area contributed by atoms with Gasteiger partial charge in [-0.05, 0) is 37.6 Å². The van der Waals surface area contributed by atoms with Crippen molar-refractivity contribution in [3.63, 3.8) is 0 Å². The molecule has 1 heterocycles. The molecule has 1 atom stereocenters. The van der Waals surface area contributed by atoms with E-state index in [0.29, 0.717) is 29.1 Å². The second kappa shape index (κ2) is 6.66. The third kappa shape index (κ3) is 2.87. The van der Waals surface area contributed by atoms with Crippen molar-refractivity contribution in [1.29, 1.82) is 0 Å². The van der Waals surface area contributed by atoms with Crippen LogP contribution in [0.3, 0.4) is 0 Å². The molecular formula is C15H23ClN2O2. The van der Waals surface area contributed by atoms with Gasteiger partial charge in [0, 0.05) is 18.6 Å². The van der Waals surface area contributed by atoms with Gasteiger partial charge in [-0.3, -0.25) is 4.90 Å². The summed E-state index contributed by atoms with van der Waals surface area (Å²) in [6, 6.07) is 4.57. The molecule has 0 saturated carbocycles. The summed E-state index contributed by atoms with van der Waals surface area (Å²) in [6.07, 6.45) is 2.20. The van der Waals surface area contributed by atoms with Gasteiger partial charge in [0.25, 0.3) is 0 Å². The predicted molar refractivity (Wildman–Crippen MR) is 81.5 cm³/mol. The molecule has 0 aliphatic carbocycles. The van der Waals surface area contributed by atoms with E-state index >= 15 is 0 Å². The number of hydrogen-bond donors (Lipinski definition) is 1. The summed E-state index contributed by atoms with van der Waals surface area (Å²) < 4.78 is 10.8. The Bertz CT molecular complexity index is 463. The molecule has 0 amide bonds. The summed E-state index contributed by atoms with van der Waals surface area (Å²) in [5.41, 5.74) is 7.07. The van der Waals surface area contributed by atoms with Gasteiger partial charge in [-0.2, -0.15) is 0 Å². The second-order valence-electron chi connectivity index (χ2n) is 5.12. The zero-order valence-corrected chi connectivity index (χ0v) is 13.1. The molecule has 4 nitrogen and oxygen atoms in total. The Morgan fingerprint density at radius 1 is 1.30 bits per heavy atom. The first-order valence-corrected chi connectivity index (χ1v) is 7.51. The van der Waals surface area contributed by atoms with Crippen molar-refractivity contribution < 1.29 is 9.47 Å². The molecule has 1 aromatic carbocycles. The van der Waals surface area contributed by atoms with Crippen molar-refractivity contribution in [2.24, 2.45) is 5.73 Å². The van der Waals surface area contributed by atoms with Crippen molar-refractivity contribution in [1.82, 2.24) is 4.90 Å². The number of hydrogen-bond acceptors (Lipinski definition) is 4. The highest BCUT2D eigenvalue weighted by atomic mass is 35.5. The summed E-state index contributed by atoms with van der Waals surface area (Å²) in [6.45, 7) is 5.17. The minimum atomic E-state index is 0.131. The third-order valence-corrected chi connectivity index (χ3v) is 4.35. The van der Waals surface area contributed by atoms with E-state index in [0.717, 1.165) is 18.4 Å².